The third-order valence-corrected chi connectivity index (χ3v) is 4.03. The summed E-state index contributed by atoms with van der Waals surface area (Å²) in [5.41, 5.74) is 21.0. The van der Waals surface area contributed by atoms with Gasteiger partial charge in [-0.25, -0.2) is 0 Å². The molecular formula is C17H30N8O8. The molecule has 13 N–H and O–H groups in total. The molecule has 0 aliphatic heterocycles. The van der Waals surface area contributed by atoms with E-state index in [0.717, 1.165) is 0 Å². The van der Waals surface area contributed by atoms with Gasteiger partial charge in [0.15, 0.2) is 5.96 Å². The van der Waals surface area contributed by atoms with Crippen LogP contribution >= 0.6 is 0 Å². The summed E-state index contributed by atoms with van der Waals surface area (Å²) in [6.07, 6.45) is -1.13. The molecule has 0 bridgehead atoms. The van der Waals surface area contributed by atoms with Gasteiger partial charge < -0.3 is 49.1 Å². The Hall–Kier alpha value is -3.95. The Labute approximate surface area is 188 Å². The number of amides is 4. The molecule has 3 unspecified atom stereocenters. The number of nitrogens with zero attached hydrogens (tertiary/aromatic N) is 1. The molecule has 0 spiro atoms. The quantitative estimate of drug-likeness (QED) is 0.0581. The molecule has 0 aliphatic carbocycles. The predicted molar refractivity (Wildman–Crippen MR) is 113 cm³/mol. The molecule has 4 amide bonds. The van der Waals surface area contributed by atoms with E-state index in [9.17, 15) is 28.8 Å². The van der Waals surface area contributed by atoms with Crippen molar-refractivity contribution in [2.45, 2.75) is 50.2 Å². The van der Waals surface area contributed by atoms with Crippen molar-refractivity contribution in [2.75, 3.05) is 13.1 Å². The number of carbonyl (C=O) groups excluding carboxylic acids is 4. The number of carbonyl (C=O) groups is 6. The number of nitrogens with one attached hydrogen (secondary N) is 3. The van der Waals surface area contributed by atoms with Gasteiger partial charge in [0.05, 0.1) is 12.5 Å². The van der Waals surface area contributed by atoms with Crippen LogP contribution in [0.5, 0.6) is 0 Å². The Morgan fingerprint density at radius 2 is 1.39 bits per heavy atom. The van der Waals surface area contributed by atoms with E-state index < -0.39 is 73.1 Å². The Kier molecular flexibility index (Phi) is 13.2. The minimum Gasteiger partial charge on any atom is -0.481 e. The lowest BCUT2D eigenvalue weighted by atomic mass is 10.1. The van der Waals surface area contributed by atoms with Gasteiger partial charge in [-0.05, 0) is 19.3 Å². The summed E-state index contributed by atoms with van der Waals surface area (Å²) in [7, 11) is 0. The molecule has 3 atom stereocenters. The van der Waals surface area contributed by atoms with Gasteiger partial charge in [-0.15, -0.1) is 0 Å². The average molecular weight is 474 g/mol. The van der Waals surface area contributed by atoms with Crippen molar-refractivity contribution >= 4 is 41.5 Å². The largest absolute Gasteiger partial charge is 0.481 e. The van der Waals surface area contributed by atoms with E-state index in [1.807, 2.05) is 5.32 Å². The lowest BCUT2D eigenvalue weighted by Gasteiger charge is -2.23. The molecule has 0 radical (unpaired) electrons. The van der Waals surface area contributed by atoms with Crippen LogP contribution in [0.4, 0.5) is 0 Å². The molecule has 0 aliphatic rings. The lowest BCUT2D eigenvalue weighted by molar-refractivity contribution is -0.140. The second-order valence-electron chi connectivity index (χ2n) is 6.89. The van der Waals surface area contributed by atoms with Crippen molar-refractivity contribution in [1.82, 2.24) is 16.0 Å². The number of guanidine groups is 1. The van der Waals surface area contributed by atoms with Crippen molar-refractivity contribution in [3.63, 3.8) is 0 Å². The van der Waals surface area contributed by atoms with E-state index in [4.69, 9.17) is 33.1 Å². The van der Waals surface area contributed by atoms with Crippen molar-refractivity contribution in [3.8, 4) is 0 Å². The lowest BCUT2D eigenvalue weighted by Crippen LogP contribution is -2.56. The van der Waals surface area contributed by atoms with Gasteiger partial charge in [-0.2, -0.15) is 0 Å². The van der Waals surface area contributed by atoms with Crippen molar-refractivity contribution in [3.05, 3.63) is 0 Å². The first kappa shape index (κ1) is 29.0. The van der Waals surface area contributed by atoms with Crippen molar-refractivity contribution < 1.29 is 39.0 Å². The normalized spacial score (nSPS) is 13.0. The maximum Gasteiger partial charge on any atom is 0.322 e. The molecular weight excluding hydrogens is 444 g/mol. The number of carboxylic acids is 2. The number of aliphatic imine (C=N–C) groups is 1. The maximum atomic E-state index is 12.8. The summed E-state index contributed by atoms with van der Waals surface area (Å²) in [6.45, 7) is -0.643. The van der Waals surface area contributed by atoms with Gasteiger partial charge >= 0.3 is 11.9 Å². The third kappa shape index (κ3) is 13.9. The number of nitrogens with two attached hydrogens (primary N) is 4. The summed E-state index contributed by atoms with van der Waals surface area (Å²) in [5, 5.41) is 24.2. The standard InChI is InChI=1S/C17H30N8O8/c18-8(6-11(19)26)14(31)24-9(2-1-5-22-17(20)21)16(33)25-10(3-4-12(27)28)15(32)23-7-13(29)30/h8-10H,1-7,18H2,(H2,19,26)(H,23,32)(H,24,31)(H,25,33)(H,27,28)(H,29,30)(H4,20,21,22). The highest BCUT2D eigenvalue weighted by Gasteiger charge is 2.28. The van der Waals surface area contributed by atoms with E-state index in [1.165, 1.54) is 0 Å². The Balaban J connectivity index is 5.43. The van der Waals surface area contributed by atoms with Gasteiger partial charge in [0.2, 0.25) is 23.6 Å². The van der Waals surface area contributed by atoms with Crippen LogP contribution in [0.2, 0.25) is 0 Å². The molecule has 186 valence electrons. The highest BCUT2D eigenvalue weighted by atomic mass is 16.4. The molecule has 0 fully saturated rings. The highest BCUT2D eigenvalue weighted by molar-refractivity contribution is 5.94. The predicted octanol–water partition coefficient (Wildman–Crippen LogP) is -4.72. The first-order chi connectivity index (χ1) is 15.3. The second kappa shape index (κ2) is 15.0. The summed E-state index contributed by atoms with van der Waals surface area (Å²) in [5.74, 6) is -6.29. The van der Waals surface area contributed by atoms with Gasteiger partial charge in [0, 0.05) is 13.0 Å². The van der Waals surface area contributed by atoms with Crippen LogP contribution in [0, 0.1) is 0 Å². The number of aliphatic carboxylic acids is 2. The highest BCUT2D eigenvalue weighted by Crippen LogP contribution is 2.04. The van der Waals surface area contributed by atoms with Crippen LogP contribution in [0.3, 0.4) is 0 Å². The third-order valence-electron chi connectivity index (χ3n) is 4.03. The molecule has 0 aromatic heterocycles. The van der Waals surface area contributed by atoms with Gasteiger partial charge in [-0.3, -0.25) is 33.8 Å². The van der Waals surface area contributed by atoms with Gasteiger partial charge in [-0.1, -0.05) is 0 Å². The van der Waals surface area contributed by atoms with E-state index in [-0.39, 0.29) is 31.8 Å². The zero-order valence-electron chi connectivity index (χ0n) is 17.8. The molecule has 0 saturated carbocycles. The van der Waals surface area contributed by atoms with Crippen molar-refractivity contribution in [2.24, 2.45) is 27.9 Å². The zero-order valence-corrected chi connectivity index (χ0v) is 17.8. The first-order valence-electron chi connectivity index (χ1n) is 9.74. The van der Waals surface area contributed by atoms with Gasteiger partial charge in [0.25, 0.3) is 0 Å². The molecule has 16 heteroatoms. The minimum absolute atomic E-state index is 0.0138. The molecule has 0 aromatic carbocycles. The van der Waals surface area contributed by atoms with E-state index in [1.54, 1.807) is 0 Å². The van der Waals surface area contributed by atoms with E-state index >= 15 is 0 Å². The fraction of sp³-hybridized carbons (Fsp3) is 0.588. The monoisotopic (exact) mass is 474 g/mol. The fourth-order valence-electron chi connectivity index (χ4n) is 2.46. The zero-order chi connectivity index (χ0) is 25.6. The summed E-state index contributed by atoms with van der Waals surface area (Å²) in [6, 6.07) is -3.99. The van der Waals surface area contributed by atoms with Crippen LogP contribution in [-0.2, 0) is 28.8 Å². The summed E-state index contributed by atoms with van der Waals surface area (Å²) >= 11 is 0. The van der Waals surface area contributed by atoms with Gasteiger partial charge in [0.1, 0.15) is 18.6 Å². The Morgan fingerprint density at radius 3 is 1.91 bits per heavy atom. The topological polar surface area (TPSA) is 295 Å². The van der Waals surface area contributed by atoms with Crippen LogP contribution < -0.4 is 38.9 Å². The fourth-order valence-corrected chi connectivity index (χ4v) is 2.46. The number of hydrogen-bond acceptors (Lipinski definition) is 8. The smallest absolute Gasteiger partial charge is 0.322 e. The number of primary amides is 1. The molecule has 0 rings (SSSR count). The molecule has 0 aromatic rings. The van der Waals surface area contributed by atoms with Crippen LogP contribution in [-0.4, -0.2) is 83.0 Å². The van der Waals surface area contributed by atoms with Crippen LogP contribution in [0.1, 0.15) is 32.1 Å². The van der Waals surface area contributed by atoms with E-state index in [0.29, 0.717) is 0 Å². The molecule has 0 saturated heterocycles. The van der Waals surface area contributed by atoms with Crippen molar-refractivity contribution in [1.29, 1.82) is 0 Å². The number of carboxylic acid groups (broad SMARTS) is 2. The second-order valence-corrected chi connectivity index (χ2v) is 6.89. The first-order valence-corrected chi connectivity index (χ1v) is 9.74. The maximum absolute atomic E-state index is 12.8. The average Bonchev–Trinajstić information content (AvgIpc) is 2.70. The minimum atomic E-state index is -1.40. The van der Waals surface area contributed by atoms with E-state index in [2.05, 4.69) is 15.6 Å². The SMILES string of the molecule is NC(=O)CC(N)C(=O)NC(CCCN=C(N)N)C(=O)NC(CCC(=O)O)C(=O)NCC(=O)O. The van der Waals surface area contributed by atoms with Crippen LogP contribution in [0.25, 0.3) is 0 Å². The summed E-state index contributed by atoms with van der Waals surface area (Å²) in [4.78, 5) is 73.5. The van der Waals surface area contributed by atoms with Crippen LogP contribution in [0.15, 0.2) is 4.99 Å². The molecule has 16 nitrogen and oxygen atoms in total. The Morgan fingerprint density at radius 1 is 0.818 bits per heavy atom. The number of hydrogen-bond donors (Lipinski definition) is 9. The molecule has 33 heavy (non-hydrogen) atoms. The summed E-state index contributed by atoms with van der Waals surface area (Å²) < 4.78 is 0. The Bertz CT molecular complexity index is 768. The number of rotatable bonds is 16. The molecule has 0 heterocycles.